The number of benzene rings is 1. The molecule has 4 rings (SSSR count). The van der Waals surface area contributed by atoms with E-state index in [1.165, 1.54) is 0 Å². The summed E-state index contributed by atoms with van der Waals surface area (Å²) in [7, 11) is 0. The number of para-hydroxylation sites is 1. The molecule has 0 saturated carbocycles. The smallest absolute Gasteiger partial charge is 0.252 e. The zero-order chi connectivity index (χ0) is 17.4. The number of pyridine rings is 1. The second-order valence-electron chi connectivity index (χ2n) is 6.80. The van der Waals surface area contributed by atoms with Gasteiger partial charge in [0, 0.05) is 30.8 Å². The van der Waals surface area contributed by atoms with E-state index >= 15 is 0 Å². The minimum Gasteiger partial charge on any atom is -0.381 e. The van der Waals surface area contributed by atoms with E-state index in [0.717, 1.165) is 23.0 Å². The van der Waals surface area contributed by atoms with Crippen LogP contribution in [-0.4, -0.2) is 54.0 Å². The van der Waals surface area contributed by atoms with Crippen molar-refractivity contribution in [2.24, 2.45) is 5.92 Å². The normalized spacial score (nSPS) is 20.5. The lowest BCUT2D eigenvalue weighted by atomic mass is 10.0. The maximum absolute atomic E-state index is 12.7. The van der Waals surface area contributed by atoms with Gasteiger partial charge in [-0.3, -0.25) is 14.6 Å². The molecule has 6 heteroatoms. The van der Waals surface area contributed by atoms with Crippen molar-refractivity contribution >= 4 is 22.7 Å². The Labute approximate surface area is 146 Å². The van der Waals surface area contributed by atoms with Gasteiger partial charge in [0.2, 0.25) is 5.91 Å². The Morgan fingerprint density at radius 1 is 1.28 bits per heavy atom. The Bertz CT molecular complexity index is 824. The summed E-state index contributed by atoms with van der Waals surface area (Å²) in [5.74, 6) is 0.0274. The predicted molar refractivity (Wildman–Crippen MR) is 93.2 cm³/mol. The average molecular weight is 339 g/mol. The molecule has 0 bridgehead atoms. The minimum absolute atomic E-state index is 0.00556. The molecule has 0 aliphatic carbocycles. The quantitative estimate of drug-likeness (QED) is 0.920. The molecular weight excluding hydrogens is 318 g/mol. The fourth-order valence-electron chi connectivity index (χ4n) is 3.50. The Balaban J connectivity index is 1.41. The van der Waals surface area contributed by atoms with Crippen molar-refractivity contribution in [3.05, 3.63) is 41.6 Å². The van der Waals surface area contributed by atoms with Gasteiger partial charge in [-0.25, -0.2) is 0 Å². The van der Waals surface area contributed by atoms with Crippen molar-refractivity contribution in [1.82, 2.24) is 15.2 Å². The topological polar surface area (TPSA) is 71.5 Å². The number of aryl methyl sites for hydroxylation is 1. The molecule has 1 aromatic heterocycles. The Morgan fingerprint density at radius 2 is 2.08 bits per heavy atom. The monoisotopic (exact) mass is 339 g/mol. The van der Waals surface area contributed by atoms with E-state index < -0.39 is 0 Å². The van der Waals surface area contributed by atoms with Gasteiger partial charge in [0.25, 0.3) is 5.91 Å². The standard InChI is InChI=1S/C19H21N3O3/c1-12-8-16(15-4-2-3-5-17(15)20-12)18(23)21-14-9-22(10-14)19(24)13-6-7-25-11-13/h2-5,8,13-14H,6-7,9-11H2,1H3,(H,21,23). The highest BCUT2D eigenvalue weighted by Crippen LogP contribution is 2.21. The number of hydrogen-bond donors (Lipinski definition) is 1. The molecule has 6 nitrogen and oxygen atoms in total. The van der Waals surface area contributed by atoms with E-state index in [1.807, 2.05) is 37.3 Å². The second kappa shape index (κ2) is 6.44. The first-order valence-corrected chi connectivity index (χ1v) is 8.65. The largest absolute Gasteiger partial charge is 0.381 e. The van der Waals surface area contributed by atoms with Crippen molar-refractivity contribution in [3.63, 3.8) is 0 Å². The number of hydrogen-bond acceptors (Lipinski definition) is 4. The van der Waals surface area contributed by atoms with Gasteiger partial charge in [-0.15, -0.1) is 0 Å². The Hall–Kier alpha value is -2.47. The predicted octanol–water partition coefficient (Wildman–Crippen LogP) is 1.52. The highest BCUT2D eigenvalue weighted by Gasteiger charge is 2.36. The van der Waals surface area contributed by atoms with Crippen molar-refractivity contribution in [2.75, 3.05) is 26.3 Å². The molecule has 1 aromatic carbocycles. The number of ether oxygens (including phenoxy) is 1. The van der Waals surface area contributed by atoms with Crippen LogP contribution in [-0.2, 0) is 9.53 Å². The minimum atomic E-state index is -0.108. The number of fused-ring (bicyclic) bond motifs is 1. The summed E-state index contributed by atoms with van der Waals surface area (Å²) in [6, 6.07) is 9.46. The van der Waals surface area contributed by atoms with E-state index in [9.17, 15) is 9.59 Å². The van der Waals surface area contributed by atoms with Crippen LogP contribution in [0.5, 0.6) is 0 Å². The molecule has 2 aliphatic rings. The fourth-order valence-corrected chi connectivity index (χ4v) is 3.50. The van der Waals surface area contributed by atoms with Gasteiger partial charge in [0.05, 0.1) is 29.6 Å². The van der Waals surface area contributed by atoms with Crippen LogP contribution in [0.25, 0.3) is 10.9 Å². The van der Waals surface area contributed by atoms with Gasteiger partial charge in [0.15, 0.2) is 0 Å². The number of aromatic nitrogens is 1. The fraction of sp³-hybridized carbons (Fsp3) is 0.421. The molecule has 0 radical (unpaired) electrons. The third kappa shape index (κ3) is 3.09. The first-order valence-electron chi connectivity index (χ1n) is 8.65. The molecule has 2 amide bonds. The van der Waals surface area contributed by atoms with Gasteiger partial charge >= 0.3 is 0 Å². The van der Waals surface area contributed by atoms with E-state index in [-0.39, 0.29) is 23.8 Å². The summed E-state index contributed by atoms with van der Waals surface area (Å²) < 4.78 is 5.28. The van der Waals surface area contributed by atoms with Gasteiger partial charge in [-0.2, -0.15) is 0 Å². The molecule has 2 saturated heterocycles. The zero-order valence-electron chi connectivity index (χ0n) is 14.2. The zero-order valence-corrected chi connectivity index (χ0v) is 14.2. The maximum Gasteiger partial charge on any atom is 0.252 e. The molecule has 1 atom stereocenters. The summed E-state index contributed by atoms with van der Waals surface area (Å²) in [6.07, 6.45) is 0.800. The van der Waals surface area contributed by atoms with Crippen LogP contribution in [0.4, 0.5) is 0 Å². The third-order valence-electron chi connectivity index (χ3n) is 4.90. The Morgan fingerprint density at radius 3 is 2.84 bits per heavy atom. The van der Waals surface area contributed by atoms with E-state index in [0.29, 0.717) is 31.9 Å². The molecule has 25 heavy (non-hydrogen) atoms. The van der Waals surface area contributed by atoms with E-state index in [2.05, 4.69) is 10.3 Å². The van der Waals surface area contributed by atoms with Crippen LogP contribution in [0.15, 0.2) is 30.3 Å². The second-order valence-corrected chi connectivity index (χ2v) is 6.80. The number of likely N-dealkylation sites (tertiary alicyclic amines) is 1. The van der Waals surface area contributed by atoms with Gasteiger partial charge < -0.3 is 15.0 Å². The number of rotatable bonds is 3. The molecule has 2 aromatic rings. The van der Waals surface area contributed by atoms with Crippen molar-refractivity contribution < 1.29 is 14.3 Å². The average Bonchev–Trinajstić information content (AvgIpc) is 3.10. The van der Waals surface area contributed by atoms with E-state index in [1.54, 1.807) is 4.90 Å². The van der Waals surface area contributed by atoms with Crippen molar-refractivity contribution in [3.8, 4) is 0 Å². The van der Waals surface area contributed by atoms with Crippen molar-refractivity contribution in [2.45, 2.75) is 19.4 Å². The molecule has 130 valence electrons. The molecule has 1 N–H and O–H groups in total. The number of carbonyl (C=O) groups is 2. The summed E-state index contributed by atoms with van der Waals surface area (Å²) in [4.78, 5) is 31.2. The van der Waals surface area contributed by atoms with Crippen LogP contribution < -0.4 is 5.32 Å². The number of nitrogens with one attached hydrogen (secondary N) is 1. The summed E-state index contributed by atoms with van der Waals surface area (Å²) in [5.41, 5.74) is 2.27. The molecule has 2 aliphatic heterocycles. The van der Waals surface area contributed by atoms with Crippen LogP contribution >= 0.6 is 0 Å². The summed E-state index contributed by atoms with van der Waals surface area (Å²) in [6.45, 7) is 4.22. The molecule has 0 spiro atoms. The number of carbonyl (C=O) groups excluding carboxylic acids is 2. The molecule has 3 heterocycles. The highest BCUT2D eigenvalue weighted by atomic mass is 16.5. The van der Waals surface area contributed by atoms with Crippen LogP contribution in [0.2, 0.25) is 0 Å². The molecule has 2 fully saturated rings. The summed E-state index contributed by atoms with van der Waals surface area (Å²) >= 11 is 0. The first kappa shape index (κ1) is 16.0. The first-order chi connectivity index (χ1) is 12.1. The van der Waals surface area contributed by atoms with Gasteiger partial charge in [-0.1, -0.05) is 18.2 Å². The molecule has 1 unspecified atom stereocenters. The number of nitrogens with zero attached hydrogens (tertiary/aromatic N) is 2. The highest BCUT2D eigenvalue weighted by molar-refractivity contribution is 6.06. The maximum atomic E-state index is 12.7. The lowest BCUT2D eigenvalue weighted by Gasteiger charge is -2.40. The molecular formula is C19H21N3O3. The van der Waals surface area contributed by atoms with E-state index in [4.69, 9.17) is 4.74 Å². The van der Waals surface area contributed by atoms with Gasteiger partial charge in [-0.05, 0) is 25.5 Å². The van der Waals surface area contributed by atoms with Crippen LogP contribution in [0.1, 0.15) is 22.5 Å². The number of amides is 2. The van der Waals surface area contributed by atoms with Crippen LogP contribution in [0, 0.1) is 12.8 Å². The summed E-state index contributed by atoms with van der Waals surface area (Å²) in [5, 5.41) is 3.88. The van der Waals surface area contributed by atoms with Crippen LogP contribution in [0.3, 0.4) is 0 Å². The SMILES string of the molecule is Cc1cc(C(=O)NC2CN(C(=O)C3CCOC3)C2)c2ccccc2n1. The van der Waals surface area contributed by atoms with Gasteiger partial charge in [0.1, 0.15) is 0 Å². The van der Waals surface area contributed by atoms with Crippen molar-refractivity contribution in [1.29, 1.82) is 0 Å². The third-order valence-corrected chi connectivity index (χ3v) is 4.90. The lowest BCUT2D eigenvalue weighted by molar-refractivity contribution is -0.140. The lowest BCUT2D eigenvalue weighted by Crippen LogP contribution is -2.62. The Kier molecular flexibility index (Phi) is 4.13.